The van der Waals surface area contributed by atoms with Gasteiger partial charge in [0.25, 0.3) is 11.1 Å². The Bertz CT molecular complexity index is 860. The number of amides is 1. The molecule has 1 aliphatic rings. The van der Waals surface area contributed by atoms with Crippen LogP contribution >= 0.6 is 24.0 Å². The Kier molecular flexibility index (Phi) is 7.12. The Morgan fingerprint density at radius 3 is 2.50 bits per heavy atom. The standard InChI is InChI=1S/C22H23NO3S2/c1-3-25-18-10-6-16(7-11-18)5-4-14-23-21(24)20(26-22(23)27)15-17-8-12-19(28-2)13-9-17/h6-13,15H,3-5,14H2,1-2H3. The number of carbonyl (C=O) groups excluding carboxylic acids is 1. The van der Waals surface area contributed by atoms with Crippen molar-refractivity contribution in [2.75, 3.05) is 19.4 Å². The van der Waals surface area contributed by atoms with E-state index in [1.165, 1.54) is 15.4 Å². The average molecular weight is 414 g/mol. The number of thioether (sulfide) groups is 1. The van der Waals surface area contributed by atoms with Crippen LogP contribution in [0.1, 0.15) is 24.5 Å². The summed E-state index contributed by atoms with van der Waals surface area (Å²) in [6.45, 7) is 3.16. The SMILES string of the molecule is CCOc1ccc(CCCN2C(=O)C(=Cc3ccc(SC)cc3)OC2=S)cc1. The lowest BCUT2D eigenvalue weighted by atomic mass is 10.1. The minimum atomic E-state index is -0.175. The summed E-state index contributed by atoms with van der Waals surface area (Å²) >= 11 is 6.93. The maximum atomic E-state index is 12.6. The summed E-state index contributed by atoms with van der Waals surface area (Å²) in [4.78, 5) is 15.3. The first-order chi connectivity index (χ1) is 13.6. The van der Waals surface area contributed by atoms with Crippen LogP contribution in [-0.2, 0) is 16.0 Å². The van der Waals surface area contributed by atoms with Gasteiger partial charge in [-0.3, -0.25) is 9.69 Å². The topological polar surface area (TPSA) is 38.8 Å². The van der Waals surface area contributed by atoms with E-state index in [4.69, 9.17) is 21.7 Å². The van der Waals surface area contributed by atoms with Crippen molar-refractivity contribution in [3.8, 4) is 5.75 Å². The molecule has 0 spiro atoms. The molecular formula is C22H23NO3S2. The second-order valence-corrected chi connectivity index (χ2v) is 7.52. The van der Waals surface area contributed by atoms with E-state index >= 15 is 0 Å². The average Bonchev–Trinajstić information content (AvgIpc) is 2.97. The molecule has 146 valence electrons. The van der Waals surface area contributed by atoms with Gasteiger partial charge in [-0.2, -0.15) is 0 Å². The summed E-state index contributed by atoms with van der Waals surface area (Å²) in [7, 11) is 0. The second kappa shape index (κ2) is 9.75. The molecule has 0 radical (unpaired) electrons. The third-order valence-electron chi connectivity index (χ3n) is 4.37. The molecule has 1 fully saturated rings. The maximum Gasteiger partial charge on any atom is 0.297 e. The lowest BCUT2D eigenvalue weighted by molar-refractivity contribution is -0.122. The van der Waals surface area contributed by atoms with E-state index in [2.05, 4.69) is 12.1 Å². The zero-order chi connectivity index (χ0) is 19.9. The van der Waals surface area contributed by atoms with Crippen LogP contribution in [0.2, 0.25) is 0 Å². The molecule has 0 bridgehead atoms. The summed E-state index contributed by atoms with van der Waals surface area (Å²) in [5.41, 5.74) is 2.12. The lowest BCUT2D eigenvalue weighted by Crippen LogP contribution is -2.29. The van der Waals surface area contributed by atoms with Crippen molar-refractivity contribution in [1.82, 2.24) is 4.90 Å². The van der Waals surface area contributed by atoms with Crippen molar-refractivity contribution in [1.29, 1.82) is 0 Å². The van der Waals surface area contributed by atoms with Crippen molar-refractivity contribution < 1.29 is 14.3 Å². The number of carbonyl (C=O) groups is 1. The number of aryl methyl sites for hydroxylation is 1. The predicted octanol–water partition coefficient (Wildman–Crippen LogP) is 4.92. The molecule has 0 atom stereocenters. The molecule has 1 saturated heterocycles. The van der Waals surface area contributed by atoms with Gasteiger partial charge in [-0.1, -0.05) is 24.3 Å². The Balaban J connectivity index is 1.56. The molecule has 2 aromatic rings. The van der Waals surface area contributed by atoms with E-state index in [0.29, 0.717) is 13.2 Å². The van der Waals surface area contributed by atoms with E-state index in [9.17, 15) is 4.79 Å². The highest BCUT2D eigenvalue weighted by molar-refractivity contribution is 7.98. The number of nitrogens with zero attached hydrogens (tertiary/aromatic N) is 1. The van der Waals surface area contributed by atoms with Gasteiger partial charge in [0, 0.05) is 11.4 Å². The van der Waals surface area contributed by atoms with Crippen molar-refractivity contribution in [2.24, 2.45) is 0 Å². The fourth-order valence-corrected chi connectivity index (χ4v) is 3.58. The van der Waals surface area contributed by atoms with Gasteiger partial charge in [-0.15, -0.1) is 11.8 Å². The normalized spacial score (nSPS) is 15.2. The summed E-state index contributed by atoms with van der Waals surface area (Å²) in [5, 5.41) is 0.226. The molecule has 28 heavy (non-hydrogen) atoms. The summed E-state index contributed by atoms with van der Waals surface area (Å²) in [6.07, 6.45) is 5.43. The molecular weight excluding hydrogens is 390 g/mol. The van der Waals surface area contributed by atoms with Crippen molar-refractivity contribution in [3.05, 3.63) is 65.4 Å². The third-order valence-corrected chi connectivity index (χ3v) is 5.42. The van der Waals surface area contributed by atoms with Crippen LogP contribution < -0.4 is 4.74 Å². The molecule has 0 unspecified atom stereocenters. The van der Waals surface area contributed by atoms with E-state index in [1.54, 1.807) is 17.8 Å². The number of hydrogen-bond donors (Lipinski definition) is 0. The molecule has 1 heterocycles. The minimum absolute atomic E-state index is 0.175. The number of benzene rings is 2. The van der Waals surface area contributed by atoms with Gasteiger partial charge in [0.1, 0.15) is 5.75 Å². The monoisotopic (exact) mass is 413 g/mol. The molecule has 0 aromatic heterocycles. The highest BCUT2D eigenvalue weighted by Gasteiger charge is 2.32. The molecule has 1 amide bonds. The van der Waals surface area contributed by atoms with E-state index in [-0.39, 0.29) is 16.8 Å². The first kappa shape index (κ1) is 20.4. The summed E-state index contributed by atoms with van der Waals surface area (Å²) in [5.74, 6) is 0.976. The molecule has 0 N–H and O–H groups in total. The quantitative estimate of drug-likeness (QED) is 0.349. The number of rotatable bonds is 8. The van der Waals surface area contributed by atoms with Gasteiger partial charge >= 0.3 is 0 Å². The Morgan fingerprint density at radius 2 is 1.86 bits per heavy atom. The zero-order valence-electron chi connectivity index (χ0n) is 16.0. The largest absolute Gasteiger partial charge is 0.494 e. The van der Waals surface area contributed by atoms with Crippen LogP contribution in [0.5, 0.6) is 5.75 Å². The number of thiocarbonyl (C=S) groups is 1. The van der Waals surface area contributed by atoms with E-state index < -0.39 is 0 Å². The molecule has 2 aromatic carbocycles. The lowest BCUT2D eigenvalue weighted by Gasteiger charge is -2.12. The maximum absolute atomic E-state index is 12.6. The van der Waals surface area contributed by atoms with E-state index in [1.807, 2.05) is 49.6 Å². The smallest absolute Gasteiger partial charge is 0.297 e. The van der Waals surface area contributed by atoms with Crippen LogP contribution in [0.15, 0.2) is 59.2 Å². The molecule has 1 aliphatic heterocycles. The molecule has 0 saturated carbocycles. The predicted molar refractivity (Wildman–Crippen MR) is 118 cm³/mol. The molecule has 6 heteroatoms. The van der Waals surface area contributed by atoms with Crippen molar-refractivity contribution in [2.45, 2.75) is 24.7 Å². The van der Waals surface area contributed by atoms with Crippen molar-refractivity contribution >= 4 is 41.1 Å². The van der Waals surface area contributed by atoms with Crippen LogP contribution in [0.25, 0.3) is 6.08 Å². The minimum Gasteiger partial charge on any atom is -0.494 e. The number of ether oxygens (including phenoxy) is 2. The highest BCUT2D eigenvalue weighted by Crippen LogP contribution is 2.22. The van der Waals surface area contributed by atoms with Crippen LogP contribution in [-0.4, -0.2) is 35.4 Å². The van der Waals surface area contributed by atoms with Crippen LogP contribution in [0.3, 0.4) is 0 Å². The molecule has 3 rings (SSSR count). The Morgan fingerprint density at radius 1 is 1.14 bits per heavy atom. The second-order valence-electron chi connectivity index (χ2n) is 6.29. The van der Waals surface area contributed by atoms with Crippen LogP contribution in [0, 0.1) is 0 Å². The van der Waals surface area contributed by atoms with Gasteiger partial charge in [-0.05, 0) is 79.7 Å². The van der Waals surface area contributed by atoms with E-state index in [0.717, 1.165) is 24.2 Å². The summed E-state index contributed by atoms with van der Waals surface area (Å²) in [6, 6.07) is 16.0. The Labute approximate surface area is 175 Å². The fraction of sp³-hybridized carbons (Fsp3) is 0.273. The first-order valence-electron chi connectivity index (χ1n) is 9.22. The van der Waals surface area contributed by atoms with Gasteiger partial charge in [0.2, 0.25) is 0 Å². The van der Waals surface area contributed by atoms with Gasteiger partial charge in [-0.25, -0.2) is 0 Å². The molecule has 0 aliphatic carbocycles. The van der Waals surface area contributed by atoms with Gasteiger partial charge in [0.15, 0.2) is 5.76 Å². The number of hydrogen-bond acceptors (Lipinski definition) is 5. The van der Waals surface area contributed by atoms with Gasteiger partial charge < -0.3 is 9.47 Å². The van der Waals surface area contributed by atoms with Crippen molar-refractivity contribution in [3.63, 3.8) is 0 Å². The van der Waals surface area contributed by atoms with Crippen LogP contribution in [0.4, 0.5) is 0 Å². The Hall–Kier alpha value is -2.31. The summed E-state index contributed by atoms with van der Waals surface area (Å²) < 4.78 is 11.0. The fourth-order valence-electron chi connectivity index (χ4n) is 2.90. The third kappa shape index (κ3) is 5.14. The first-order valence-corrected chi connectivity index (χ1v) is 10.8. The zero-order valence-corrected chi connectivity index (χ0v) is 17.6. The van der Waals surface area contributed by atoms with Gasteiger partial charge in [0.05, 0.1) is 6.61 Å². The highest BCUT2D eigenvalue weighted by atomic mass is 32.2. The molecule has 4 nitrogen and oxygen atoms in total.